The standard InChI is InChI=1S/C17H18F4NO4Si/c1-16(25,17(19,20)21)15(24)22-8-11(18)7-12(13(22)27)14(23)26-9-10-5-3-2-4-6-10/h2-6,11-13,25H,7-9H2,1H3/t11-,12-,13?,16?/m1/s1. The molecule has 0 spiro atoms. The molecule has 0 bridgehead atoms. The second-order valence-electron chi connectivity index (χ2n) is 6.51. The Balaban J connectivity index is 2.12. The maximum Gasteiger partial charge on any atom is 0.426 e. The number of rotatable bonds is 4. The van der Waals surface area contributed by atoms with Gasteiger partial charge in [0.1, 0.15) is 12.8 Å². The summed E-state index contributed by atoms with van der Waals surface area (Å²) in [5.41, 5.74) is -4.27. The van der Waals surface area contributed by atoms with Gasteiger partial charge in [0.05, 0.1) is 22.7 Å². The van der Waals surface area contributed by atoms with Crippen LogP contribution in [0.2, 0.25) is 0 Å². The number of likely N-dealkylation sites (tertiary alicyclic amines) is 1. The minimum atomic E-state index is -5.25. The highest BCUT2D eigenvalue weighted by Crippen LogP contribution is 2.34. The molecule has 2 unspecified atom stereocenters. The van der Waals surface area contributed by atoms with Gasteiger partial charge in [-0.3, -0.25) is 9.59 Å². The zero-order chi connectivity index (χ0) is 20.4. The molecule has 5 nitrogen and oxygen atoms in total. The summed E-state index contributed by atoms with van der Waals surface area (Å²) in [6.07, 6.45) is -7.30. The van der Waals surface area contributed by atoms with E-state index in [1.54, 1.807) is 30.3 Å². The van der Waals surface area contributed by atoms with Crippen LogP contribution in [0.3, 0.4) is 0 Å². The summed E-state index contributed by atoms with van der Waals surface area (Å²) in [4.78, 5) is 25.0. The topological polar surface area (TPSA) is 66.8 Å². The Morgan fingerprint density at radius 1 is 1.30 bits per heavy atom. The lowest BCUT2D eigenvalue weighted by molar-refractivity contribution is -0.251. The Kier molecular flexibility index (Phi) is 6.30. The molecule has 1 aromatic carbocycles. The lowest BCUT2D eigenvalue weighted by Crippen LogP contribution is -2.63. The first kappa shape index (κ1) is 21.4. The number of aliphatic hydroxyl groups is 1. The molecule has 10 heteroatoms. The summed E-state index contributed by atoms with van der Waals surface area (Å²) in [7, 11) is 3.06. The van der Waals surface area contributed by atoms with E-state index in [9.17, 15) is 32.3 Å². The molecule has 1 aliphatic heterocycles. The van der Waals surface area contributed by atoms with Crippen molar-refractivity contribution in [2.75, 3.05) is 6.54 Å². The third-order valence-electron chi connectivity index (χ3n) is 4.38. The molecule has 1 amide bonds. The Labute approximate surface area is 156 Å². The molecular formula is C17H18F4NO4Si. The highest BCUT2D eigenvalue weighted by molar-refractivity contribution is 6.15. The largest absolute Gasteiger partial charge is 0.461 e. The SMILES string of the molecule is CC(O)(C(=O)N1C[C@H](F)C[C@@H](C(=O)OCc2ccccc2)C1[Si])C(F)(F)F. The number of carbonyl (C=O) groups is 2. The van der Waals surface area contributed by atoms with Crippen LogP contribution in [0.1, 0.15) is 18.9 Å². The van der Waals surface area contributed by atoms with E-state index in [1.807, 2.05) is 0 Å². The van der Waals surface area contributed by atoms with Gasteiger partial charge in [0.2, 0.25) is 5.60 Å². The summed E-state index contributed by atoms with van der Waals surface area (Å²) < 4.78 is 57.9. The van der Waals surface area contributed by atoms with Crippen LogP contribution in [-0.4, -0.2) is 62.3 Å². The fourth-order valence-corrected chi connectivity index (χ4v) is 3.19. The number of amides is 1. The van der Waals surface area contributed by atoms with Gasteiger partial charge in [0.25, 0.3) is 5.91 Å². The maximum atomic E-state index is 14.0. The molecule has 1 heterocycles. The molecular weight excluding hydrogens is 386 g/mol. The number of alkyl halides is 4. The normalized spacial score (nSPS) is 25.6. The number of ether oxygens (including phenoxy) is 1. The number of hydrogen-bond acceptors (Lipinski definition) is 4. The third kappa shape index (κ3) is 4.67. The minimum Gasteiger partial charge on any atom is -0.461 e. The van der Waals surface area contributed by atoms with Gasteiger partial charge in [0, 0.05) is 5.67 Å². The summed E-state index contributed by atoms with van der Waals surface area (Å²) in [6.45, 7) is -0.485. The second-order valence-corrected chi connectivity index (χ2v) is 7.10. The van der Waals surface area contributed by atoms with Crippen molar-refractivity contribution >= 4 is 22.1 Å². The monoisotopic (exact) mass is 404 g/mol. The van der Waals surface area contributed by atoms with Crippen LogP contribution in [0, 0.1) is 5.92 Å². The second kappa shape index (κ2) is 7.97. The quantitative estimate of drug-likeness (QED) is 0.472. The van der Waals surface area contributed by atoms with E-state index >= 15 is 0 Å². The van der Waals surface area contributed by atoms with Crippen molar-refractivity contribution in [2.24, 2.45) is 5.92 Å². The Hall–Kier alpha value is -1.94. The molecule has 1 N–H and O–H groups in total. The zero-order valence-corrected chi connectivity index (χ0v) is 15.4. The lowest BCUT2D eigenvalue weighted by atomic mass is 9.94. The average molecular weight is 404 g/mol. The van der Waals surface area contributed by atoms with Crippen molar-refractivity contribution in [1.29, 1.82) is 0 Å². The summed E-state index contributed by atoms with van der Waals surface area (Å²) in [5.74, 6) is -3.81. The number of esters is 1. The van der Waals surface area contributed by atoms with Crippen LogP contribution in [-0.2, 0) is 20.9 Å². The third-order valence-corrected chi connectivity index (χ3v) is 5.09. The molecule has 1 aliphatic rings. The van der Waals surface area contributed by atoms with E-state index < -0.39 is 48.0 Å². The van der Waals surface area contributed by atoms with Crippen LogP contribution in [0.25, 0.3) is 0 Å². The molecule has 1 saturated heterocycles. The predicted molar refractivity (Wildman–Crippen MR) is 87.2 cm³/mol. The van der Waals surface area contributed by atoms with Crippen molar-refractivity contribution < 1.29 is 37.0 Å². The molecule has 3 radical (unpaired) electrons. The van der Waals surface area contributed by atoms with Crippen LogP contribution >= 0.6 is 0 Å². The molecule has 2 rings (SSSR count). The summed E-state index contributed by atoms with van der Waals surface area (Å²) in [5, 5.41) is 9.58. The first-order valence-electron chi connectivity index (χ1n) is 8.11. The van der Waals surface area contributed by atoms with E-state index in [-0.39, 0.29) is 13.0 Å². The van der Waals surface area contributed by atoms with Gasteiger partial charge in [-0.15, -0.1) is 0 Å². The van der Waals surface area contributed by atoms with Gasteiger partial charge in [-0.05, 0) is 18.9 Å². The van der Waals surface area contributed by atoms with Crippen molar-refractivity contribution in [2.45, 2.75) is 43.6 Å². The van der Waals surface area contributed by atoms with Crippen molar-refractivity contribution in [1.82, 2.24) is 4.90 Å². The summed E-state index contributed by atoms with van der Waals surface area (Å²) >= 11 is 0. The lowest BCUT2D eigenvalue weighted by Gasteiger charge is -2.42. The first-order valence-corrected chi connectivity index (χ1v) is 8.68. The number of nitrogens with zero attached hydrogens (tertiary/aromatic N) is 1. The average Bonchev–Trinajstić information content (AvgIpc) is 2.60. The fourth-order valence-electron chi connectivity index (χ4n) is 2.69. The van der Waals surface area contributed by atoms with E-state index in [0.29, 0.717) is 17.4 Å². The molecule has 27 heavy (non-hydrogen) atoms. The van der Waals surface area contributed by atoms with Crippen LogP contribution in [0.4, 0.5) is 17.6 Å². The number of benzene rings is 1. The van der Waals surface area contributed by atoms with Gasteiger partial charge in [0.15, 0.2) is 0 Å². The smallest absolute Gasteiger partial charge is 0.426 e. The van der Waals surface area contributed by atoms with Gasteiger partial charge < -0.3 is 14.7 Å². The van der Waals surface area contributed by atoms with E-state index in [1.165, 1.54) is 0 Å². The maximum absolute atomic E-state index is 14.0. The van der Waals surface area contributed by atoms with E-state index in [2.05, 4.69) is 10.2 Å². The van der Waals surface area contributed by atoms with Crippen molar-refractivity contribution in [3.8, 4) is 0 Å². The number of hydrogen-bond donors (Lipinski definition) is 1. The predicted octanol–water partition coefficient (Wildman–Crippen LogP) is 1.72. The minimum absolute atomic E-state index is 0.0969. The molecule has 1 fully saturated rings. The van der Waals surface area contributed by atoms with Crippen LogP contribution in [0.15, 0.2) is 30.3 Å². The number of carbonyl (C=O) groups excluding carboxylic acids is 2. The Morgan fingerprint density at radius 3 is 2.44 bits per heavy atom. The van der Waals surface area contributed by atoms with Crippen molar-refractivity contribution in [3.05, 3.63) is 35.9 Å². The zero-order valence-electron chi connectivity index (χ0n) is 14.4. The van der Waals surface area contributed by atoms with Crippen LogP contribution < -0.4 is 0 Å². The van der Waals surface area contributed by atoms with Gasteiger partial charge in [-0.2, -0.15) is 13.2 Å². The molecule has 147 valence electrons. The Morgan fingerprint density at radius 2 is 1.89 bits per heavy atom. The van der Waals surface area contributed by atoms with Gasteiger partial charge in [-0.1, -0.05) is 30.3 Å². The summed E-state index contributed by atoms with van der Waals surface area (Å²) in [6, 6.07) is 8.63. The molecule has 0 aliphatic carbocycles. The van der Waals surface area contributed by atoms with Gasteiger partial charge >= 0.3 is 12.1 Å². The molecule has 0 aromatic heterocycles. The van der Waals surface area contributed by atoms with Gasteiger partial charge in [-0.25, -0.2) is 4.39 Å². The molecule has 0 saturated carbocycles. The highest BCUT2D eigenvalue weighted by Gasteiger charge is 2.58. The molecule has 1 aromatic rings. The number of piperidine rings is 1. The fraction of sp³-hybridized carbons (Fsp3) is 0.529. The van der Waals surface area contributed by atoms with Crippen molar-refractivity contribution in [3.63, 3.8) is 0 Å². The Bertz CT molecular complexity index is 683. The van der Waals surface area contributed by atoms with E-state index in [4.69, 9.17) is 4.74 Å². The van der Waals surface area contributed by atoms with E-state index in [0.717, 1.165) is 0 Å². The highest BCUT2D eigenvalue weighted by atomic mass is 28.1. The first-order chi connectivity index (χ1) is 12.4. The number of halogens is 4. The van der Waals surface area contributed by atoms with Crippen LogP contribution in [0.5, 0.6) is 0 Å². The molecule has 4 atom stereocenters.